The van der Waals surface area contributed by atoms with Crippen molar-refractivity contribution in [3.8, 4) is 0 Å². The number of rotatable bonds is 4. The largest absolute Gasteiger partial charge is 0.356 e. The maximum absolute atomic E-state index is 12.2. The van der Waals surface area contributed by atoms with E-state index < -0.39 is 0 Å². The Morgan fingerprint density at radius 2 is 1.74 bits per heavy atom. The van der Waals surface area contributed by atoms with Gasteiger partial charge in [0.05, 0.1) is 23.5 Å². The second kappa shape index (κ2) is 8.17. The number of carbonyl (C=O) groups is 1. The van der Waals surface area contributed by atoms with Crippen molar-refractivity contribution in [2.45, 2.75) is 57.5 Å². The van der Waals surface area contributed by atoms with E-state index in [-0.39, 0.29) is 23.9 Å². The van der Waals surface area contributed by atoms with Crippen molar-refractivity contribution < 1.29 is 4.79 Å². The summed E-state index contributed by atoms with van der Waals surface area (Å²) in [4.78, 5) is 21.6. The van der Waals surface area contributed by atoms with Gasteiger partial charge < -0.3 is 10.6 Å². The van der Waals surface area contributed by atoms with Crippen LogP contribution in [0.2, 0.25) is 0 Å². The minimum atomic E-state index is 0.0686. The van der Waals surface area contributed by atoms with Crippen LogP contribution in [0.3, 0.4) is 0 Å². The average molecular weight is 364 g/mol. The van der Waals surface area contributed by atoms with E-state index in [1.165, 1.54) is 11.1 Å². The average Bonchev–Trinajstić information content (AvgIpc) is 2.71. The molecule has 0 aliphatic carbocycles. The fourth-order valence-corrected chi connectivity index (χ4v) is 4.46. The lowest BCUT2D eigenvalue weighted by atomic mass is 9.87. The van der Waals surface area contributed by atoms with Crippen LogP contribution in [-0.2, 0) is 11.2 Å². The summed E-state index contributed by atoms with van der Waals surface area (Å²) in [5.41, 5.74) is 4.69. The summed E-state index contributed by atoms with van der Waals surface area (Å²) < 4.78 is 0. The van der Waals surface area contributed by atoms with Crippen LogP contribution in [0.1, 0.15) is 66.7 Å². The normalized spacial score (nSPS) is 25.8. The van der Waals surface area contributed by atoms with Gasteiger partial charge in [-0.1, -0.05) is 12.1 Å². The van der Waals surface area contributed by atoms with E-state index in [0.717, 1.165) is 56.5 Å². The molecule has 0 aromatic carbocycles. The Morgan fingerprint density at radius 3 is 2.52 bits per heavy atom. The third-order valence-electron chi connectivity index (χ3n) is 5.89. The van der Waals surface area contributed by atoms with Crippen molar-refractivity contribution >= 4 is 5.91 Å². The van der Waals surface area contributed by atoms with Crippen molar-refractivity contribution in [1.29, 1.82) is 0 Å². The highest BCUT2D eigenvalue weighted by atomic mass is 16.1. The van der Waals surface area contributed by atoms with Crippen molar-refractivity contribution in [3.05, 3.63) is 59.2 Å². The topological polar surface area (TPSA) is 66.9 Å². The van der Waals surface area contributed by atoms with E-state index >= 15 is 0 Å². The molecule has 5 nitrogen and oxygen atoms in total. The van der Waals surface area contributed by atoms with Gasteiger partial charge in [0, 0.05) is 24.9 Å². The summed E-state index contributed by atoms with van der Waals surface area (Å²) in [5, 5.41) is 6.79. The molecule has 2 N–H and O–H groups in total. The van der Waals surface area contributed by atoms with Gasteiger partial charge >= 0.3 is 0 Å². The van der Waals surface area contributed by atoms with E-state index in [1.807, 2.05) is 24.5 Å². The smallest absolute Gasteiger partial charge is 0.223 e. The highest BCUT2D eigenvalue weighted by Crippen LogP contribution is 2.34. The van der Waals surface area contributed by atoms with Gasteiger partial charge in [0.1, 0.15) is 0 Å². The standard InChI is InChI=1S/C22H28N4O/c1-15-6-3-11-23-20(15)18-9-2-10-19(26-18)21-16(7-4-12-24-21)14-17-8-5-13-25-22(17)27/h3-4,6-7,11-12,17-19,26H,2,5,8-10,13-14H2,1H3,(H,25,27)/t17?,18-,19+/m0/s1. The molecular formula is C22H28N4O. The monoisotopic (exact) mass is 364 g/mol. The summed E-state index contributed by atoms with van der Waals surface area (Å²) in [7, 11) is 0. The molecular weight excluding hydrogens is 336 g/mol. The zero-order chi connectivity index (χ0) is 18.6. The number of amides is 1. The van der Waals surface area contributed by atoms with E-state index in [4.69, 9.17) is 4.98 Å². The second-order valence-corrected chi connectivity index (χ2v) is 7.79. The Kier molecular flexibility index (Phi) is 5.48. The third kappa shape index (κ3) is 4.03. The molecule has 0 bridgehead atoms. The zero-order valence-corrected chi connectivity index (χ0v) is 15.9. The van der Waals surface area contributed by atoms with Crippen LogP contribution < -0.4 is 10.6 Å². The van der Waals surface area contributed by atoms with Gasteiger partial charge in [0.2, 0.25) is 5.91 Å². The SMILES string of the molecule is Cc1cccnc1[C@@H]1CCC[C@H](c2ncccc2CC2CCCNC2=O)N1. The zero-order valence-electron chi connectivity index (χ0n) is 15.9. The van der Waals surface area contributed by atoms with Gasteiger partial charge in [-0.25, -0.2) is 0 Å². The lowest BCUT2D eigenvalue weighted by Crippen LogP contribution is -2.38. The molecule has 5 heteroatoms. The summed E-state index contributed by atoms with van der Waals surface area (Å²) in [5.74, 6) is 0.258. The first kappa shape index (κ1) is 18.1. The molecule has 0 spiro atoms. The first-order valence-electron chi connectivity index (χ1n) is 10.1. The predicted molar refractivity (Wildman–Crippen MR) is 105 cm³/mol. The van der Waals surface area contributed by atoms with Crippen LogP contribution in [0.4, 0.5) is 0 Å². The molecule has 3 atom stereocenters. The lowest BCUT2D eigenvalue weighted by Gasteiger charge is -2.32. The molecule has 0 saturated carbocycles. The summed E-state index contributed by atoms with van der Waals surface area (Å²) >= 11 is 0. The van der Waals surface area contributed by atoms with Gasteiger partial charge in [-0.15, -0.1) is 0 Å². The minimum Gasteiger partial charge on any atom is -0.356 e. The van der Waals surface area contributed by atoms with E-state index in [1.54, 1.807) is 0 Å². The Balaban J connectivity index is 1.54. The van der Waals surface area contributed by atoms with Gasteiger partial charge in [-0.3, -0.25) is 14.8 Å². The van der Waals surface area contributed by atoms with Crippen LogP contribution >= 0.6 is 0 Å². The van der Waals surface area contributed by atoms with E-state index in [0.29, 0.717) is 0 Å². The number of nitrogens with one attached hydrogen (secondary N) is 2. The van der Waals surface area contributed by atoms with E-state index in [2.05, 4.69) is 34.7 Å². The summed E-state index contributed by atoms with van der Waals surface area (Å²) in [6.45, 7) is 2.94. The molecule has 1 unspecified atom stereocenters. The second-order valence-electron chi connectivity index (χ2n) is 7.79. The maximum atomic E-state index is 12.2. The van der Waals surface area contributed by atoms with Gasteiger partial charge in [-0.2, -0.15) is 0 Å². The minimum absolute atomic E-state index is 0.0686. The number of nitrogens with zero attached hydrogens (tertiary/aromatic N) is 2. The Hall–Kier alpha value is -2.27. The molecule has 1 amide bonds. The highest BCUT2D eigenvalue weighted by molar-refractivity contribution is 5.79. The number of aryl methyl sites for hydroxylation is 1. The number of pyridine rings is 2. The number of hydrogen-bond donors (Lipinski definition) is 2. The molecule has 2 aliphatic rings. The Labute approximate surface area is 161 Å². The molecule has 2 saturated heterocycles. The van der Waals surface area contributed by atoms with Gasteiger partial charge in [0.25, 0.3) is 0 Å². The molecule has 142 valence electrons. The lowest BCUT2D eigenvalue weighted by molar-refractivity contribution is -0.126. The van der Waals surface area contributed by atoms with Crippen LogP contribution in [-0.4, -0.2) is 22.4 Å². The number of hydrogen-bond acceptors (Lipinski definition) is 4. The van der Waals surface area contributed by atoms with Gasteiger partial charge in [-0.05, 0) is 68.7 Å². The van der Waals surface area contributed by atoms with Crippen LogP contribution in [0, 0.1) is 12.8 Å². The van der Waals surface area contributed by atoms with Crippen molar-refractivity contribution in [2.24, 2.45) is 5.92 Å². The first-order valence-corrected chi connectivity index (χ1v) is 10.1. The summed E-state index contributed by atoms with van der Waals surface area (Å²) in [6, 6.07) is 8.72. The molecule has 2 aliphatic heterocycles. The number of piperidine rings is 2. The van der Waals surface area contributed by atoms with Crippen molar-refractivity contribution in [2.75, 3.05) is 6.54 Å². The van der Waals surface area contributed by atoms with Crippen LogP contribution in [0.15, 0.2) is 36.7 Å². The third-order valence-corrected chi connectivity index (χ3v) is 5.89. The molecule has 0 radical (unpaired) electrons. The van der Waals surface area contributed by atoms with Crippen molar-refractivity contribution in [1.82, 2.24) is 20.6 Å². The van der Waals surface area contributed by atoms with Crippen LogP contribution in [0.5, 0.6) is 0 Å². The Morgan fingerprint density at radius 1 is 1.00 bits per heavy atom. The van der Waals surface area contributed by atoms with Crippen LogP contribution in [0.25, 0.3) is 0 Å². The van der Waals surface area contributed by atoms with E-state index in [9.17, 15) is 4.79 Å². The highest BCUT2D eigenvalue weighted by Gasteiger charge is 2.29. The quantitative estimate of drug-likeness (QED) is 0.872. The maximum Gasteiger partial charge on any atom is 0.223 e. The fourth-order valence-electron chi connectivity index (χ4n) is 4.46. The molecule has 2 aromatic heterocycles. The fraction of sp³-hybridized carbons (Fsp3) is 0.500. The van der Waals surface area contributed by atoms with Crippen molar-refractivity contribution in [3.63, 3.8) is 0 Å². The first-order chi connectivity index (χ1) is 13.2. The predicted octanol–water partition coefficient (Wildman–Crippen LogP) is 3.41. The molecule has 2 aromatic rings. The molecule has 27 heavy (non-hydrogen) atoms. The Bertz CT molecular complexity index is 806. The molecule has 2 fully saturated rings. The number of aromatic nitrogens is 2. The van der Waals surface area contributed by atoms with Gasteiger partial charge in [0.15, 0.2) is 0 Å². The molecule has 4 heterocycles. The molecule has 4 rings (SSSR count). The summed E-state index contributed by atoms with van der Waals surface area (Å²) in [6.07, 6.45) is 9.88. The number of carbonyl (C=O) groups excluding carboxylic acids is 1.